The molecule has 5 rings (SSSR count). The van der Waals surface area contributed by atoms with Gasteiger partial charge in [-0.1, -0.05) is 6.08 Å². The molecule has 1 saturated heterocycles. The van der Waals surface area contributed by atoms with Crippen LogP contribution in [0.15, 0.2) is 72.6 Å². The molecular weight excluding hydrogens is 506 g/mol. The van der Waals surface area contributed by atoms with Crippen molar-refractivity contribution in [3.8, 4) is 5.75 Å². The molecule has 3 heterocycles. The maximum Gasteiger partial charge on any atom is 0.335 e. The minimum Gasteiger partial charge on any atom is -0.497 e. The van der Waals surface area contributed by atoms with Gasteiger partial charge in [-0.2, -0.15) is 0 Å². The van der Waals surface area contributed by atoms with Crippen LogP contribution < -0.4 is 15.4 Å². The molecule has 2 aliphatic rings. The number of hydrogen-bond acceptors (Lipinski definition) is 6. The number of benzene rings is 2. The van der Waals surface area contributed by atoms with Crippen molar-refractivity contribution in [2.75, 3.05) is 58.3 Å². The van der Waals surface area contributed by atoms with E-state index < -0.39 is 5.97 Å². The van der Waals surface area contributed by atoms with Crippen molar-refractivity contribution in [3.05, 3.63) is 83.7 Å². The van der Waals surface area contributed by atoms with Crippen molar-refractivity contribution in [2.24, 2.45) is 5.73 Å². The Bertz CT molecular complexity index is 1350. The average Bonchev–Trinajstić information content (AvgIpc) is 3.38. The van der Waals surface area contributed by atoms with E-state index in [2.05, 4.69) is 26.9 Å². The van der Waals surface area contributed by atoms with Gasteiger partial charge in [0.15, 0.2) is 0 Å². The number of methoxy groups -OCH3 is 1. The van der Waals surface area contributed by atoms with Crippen LogP contribution in [-0.2, 0) is 11.2 Å². The number of fused-ring (bicyclic) bond motifs is 1. The lowest BCUT2D eigenvalue weighted by molar-refractivity contribution is -0.114. The molecule has 2 aromatic carbocycles. The van der Waals surface area contributed by atoms with Crippen LogP contribution in [0.25, 0.3) is 10.9 Å². The summed E-state index contributed by atoms with van der Waals surface area (Å²) in [6, 6.07) is 13.6. The summed E-state index contributed by atoms with van der Waals surface area (Å²) in [5, 5.41) is 10.3. The first-order valence-corrected chi connectivity index (χ1v) is 13.7. The van der Waals surface area contributed by atoms with E-state index in [9.17, 15) is 14.7 Å². The SMILES string of the molecule is CN1C=CC(C(N)=O)=CC1.COc1ccc(N2CCN(CCCCc3c[nH]c4ccc(C(=O)O)cc34)CC2)cc1. The number of primary amides is 1. The summed E-state index contributed by atoms with van der Waals surface area (Å²) in [5.41, 5.74) is 9.45. The zero-order valence-electron chi connectivity index (χ0n) is 23.3. The molecule has 0 atom stereocenters. The molecular formula is C31H39N5O4. The number of ether oxygens (including phenoxy) is 1. The van der Waals surface area contributed by atoms with Crippen LogP contribution in [0, 0.1) is 0 Å². The van der Waals surface area contributed by atoms with E-state index in [1.807, 2.05) is 48.6 Å². The van der Waals surface area contributed by atoms with E-state index in [0.29, 0.717) is 11.1 Å². The molecule has 9 heteroatoms. The Balaban J connectivity index is 0.000000312. The minimum absolute atomic E-state index is 0.345. The summed E-state index contributed by atoms with van der Waals surface area (Å²) in [5.74, 6) is -0.339. The van der Waals surface area contributed by atoms with Gasteiger partial charge in [0.25, 0.3) is 0 Å². The molecule has 1 fully saturated rings. The minimum atomic E-state index is -0.877. The van der Waals surface area contributed by atoms with Gasteiger partial charge in [0.1, 0.15) is 5.75 Å². The number of unbranched alkanes of at least 4 members (excludes halogenated alkanes) is 1. The van der Waals surface area contributed by atoms with E-state index >= 15 is 0 Å². The molecule has 0 unspecified atom stereocenters. The molecule has 4 N–H and O–H groups in total. The molecule has 0 aliphatic carbocycles. The highest BCUT2D eigenvalue weighted by Crippen LogP contribution is 2.23. The lowest BCUT2D eigenvalue weighted by Gasteiger charge is -2.36. The first kappa shape index (κ1) is 28.8. The predicted molar refractivity (Wildman–Crippen MR) is 159 cm³/mol. The molecule has 1 amide bonds. The monoisotopic (exact) mass is 545 g/mol. The number of amides is 1. The summed E-state index contributed by atoms with van der Waals surface area (Å²) in [7, 11) is 3.63. The largest absolute Gasteiger partial charge is 0.497 e. The zero-order chi connectivity index (χ0) is 28.5. The number of nitrogens with one attached hydrogen (secondary N) is 1. The molecule has 0 radical (unpaired) electrons. The van der Waals surface area contributed by atoms with Crippen molar-refractivity contribution >= 4 is 28.5 Å². The van der Waals surface area contributed by atoms with Gasteiger partial charge in [0, 0.05) is 68.1 Å². The third-order valence-electron chi connectivity index (χ3n) is 7.39. The Labute approximate surface area is 235 Å². The molecule has 0 saturated carbocycles. The third-order valence-corrected chi connectivity index (χ3v) is 7.39. The number of carbonyl (C=O) groups excluding carboxylic acids is 1. The van der Waals surface area contributed by atoms with E-state index in [0.717, 1.165) is 75.2 Å². The van der Waals surface area contributed by atoms with Gasteiger partial charge in [0.2, 0.25) is 5.91 Å². The van der Waals surface area contributed by atoms with Gasteiger partial charge in [-0.15, -0.1) is 0 Å². The third kappa shape index (κ3) is 7.66. The van der Waals surface area contributed by atoms with E-state index in [1.54, 1.807) is 25.3 Å². The zero-order valence-corrected chi connectivity index (χ0v) is 23.3. The van der Waals surface area contributed by atoms with Crippen molar-refractivity contribution < 1.29 is 19.4 Å². The van der Waals surface area contributed by atoms with Gasteiger partial charge in [-0.3, -0.25) is 9.69 Å². The van der Waals surface area contributed by atoms with E-state index in [1.165, 1.54) is 11.3 Å². The number of H-pyrrole nitrogens is 1. The van der Waals surface area contributed by atoms with Crippen LogP contribution >= 0.6 is 0 Å². The van der Waals surface area contributed by atoms with Gasteiger partial charge in [-0.25, -0.2) is 4.79 Å². The molecule has 1 aromatic heterocycles. The highest BCUT2D eigenvalue weighted by molar-refractivity contribution is 5.95. The topological polar surface area (TPSA) is 115 Å². The Morgan fingerprint density at radius 2 is 1.80 bits per heavy atom. The fourth-order valence-corrected chi connectivity index (χ4v) is 4.95. The molecule has 3 aromatic rings. The highest BCUT2D eigenvalue weighted by Gasteiger charge is 2.17. The Morgan fingerprint density at radius 1 is 1.05 bits per heavy atom. The number of nitrogens with two attached hydrogens (primary N) is 1. The second-order valence-electron chi connectivity index (χ2n) is 10.1. The molecule has 212 valence electrons. The average molecular weight is 546 g/mol. The molecule has 0 spiro atoms. The summed E-state index contributed by atoms with van der Waals surface area (Å²) < 4.78 is 5.24. The Kier molecular flexibility index (Phi) is 9.86. The van der Waals surface area contributed by atoms with Crippen LogP contribution in [0.2, 0.25) is 0 Å². The molecule has 0 bridgehead atoms. The standard InChI is InChI=1S/C24H29N3O3.C7H10N2O/c1-30-21-8-6-20(7-9-21)27-14-12-26(13-15-27)11-3-2-4-19-17-25-23-10-5-18(24(28)29)16-22(19)23;1-9-4-2-6(3-5-9)7(8)10/h5-10,16-17,25H,2-4,11-15H2,1H3,(H,28,29);2-4H,5H2,1H3,(H2,8,10). The number of aromatic carboxylic acids is 1. The second kappa shape index (κ2) is 13.7. The number of nitrogens with zero attached hydrogens (tertiary/aromatic N) is 3. The maximum atomic E-state index is 11.2. The summed E-state index contributed by atoms with van der Waals surface area (Å²) in [6.07, 6.45) is 10.6. The first-order valence-electron chi connectivity index (χ1n) is 13.7. The van der Waals surface area contributed by atoms with Crippen molar-refractivity contribution in [1.29, 1.82) is 0 Å². The van der Waals surface area contributed by atoms with Gasteiger partial charge in [0.05, 0.1) is 12.7 Å². The number of aryl methyl sites for hydroxylation is 1. The van der Waals surface area contributed by atoms with Crippen LogP contribution in [0.1, 0.15) is 28.8 Å². The number of hydrogen-bond donors (Lipinski definition) is 3. The van der Waals surface area contributed by atoms with Gasteiger partial charge < -0.3 is 30.4 Å². The predicted octanol–water partition coefficient (Wildman–Crippen LogP) is 3.88. The van der Waals surface area contributed by atoms with Crippen LogP contribution in [-0.4, -0.2) is 85.2 Å². The number of carboxylic acids is 1. The highest BCUT2D eigenvalue weighted by atomic mass is 16.5. The second-order valence-corrected chi connectivity index (χ2v) is 10.1. The van der Waals surface area contributed by atoms with E-state index in [4.69, 9.17) is 10.5 Å². The lowest BCUT2D eigenvalue weighted by atomic mass is 10.0. The van der Waals surface area contributed by atoms with Crippen LogP contribution in [0.5, 0.6) is 5.75 Å². The fraction of sp³-hybridized carbons (Fsp3) is 0.355. The number of rotatable bonds is 9. The lowest BCUT2D eigenvalue weighted by Crippen LogP contribution is -2.46. The molecule has 9 nitrogen and oxygen atoms in total. The fourth-order valence-electron chi connectivity index (χ4n) is 4.95. The smallest absolute Gasteiger partial charge is 0.335 e. The number of carboxylic acid groups (broad SMARTS) is 1. The normalized spacial score (nSPS) is 15.4. The molecule has 40 heavy (non-hydrogen) atoms. The Morgan fingerprint density at radius 3 is 2.42 bits per heavy atom. The van der Waals surface area contributed by atoms with Crippen LogP contribution in [0.4, 0.5) is 5.69 Å². The quantitative estimate of drug-likeness (QED) is 0.350. The number of aromatic nitrogens is 1. The van der Waals surface area contributed by atoms with Crippen molar-refractivity contribution in [3.63, 3.8) is 0 Å². The number of likely N-dealkylation sites (N-methyl/N-ethyl adjacent to an activating group) is 1. The summed E-state index contributed by atoms with van der Waals surface area (Å²) in [6.45, 7) is 6.13. The van der Waals surface area contributed by atoms with Gasteiger partial charge in [-0.05, 0) is 86.1 Å². The number of carbonyl (C=O) groups is 2. The van der Waals surface area contributed by atoms with Crippen LogP contribution in [0.3, 0.4) is 0 Å². The summed E-state index contributed by atoms with van der Waals surface area (Å²) in [4.78, 5) is 32.0. The van der Waals surface area contributed by atoms with Gasteiger partial charge >= 0.3 is 5.97 Å². The first-order chi connectivity index (χ1) is 19.3. The number of anilines is 1. The maximum absolute atomic E-state index is 11.2. The molecule has 2 aliphatic heterocycles. The Hall–Kier alpha value is -4.24. The van der Waals surface area contributed by atoms with E-state index in [-0.39, 0.29) is 5.91 Å². The number of aromatic amines is 1. The van der Waals surface area contributed by atoms with Crippen molar-refractivity contribution in [1.82, 2.24) is 14.8 Å². The van der Waals surface area contributed by atoms with Crippen molar-refractivity contribution in [2.45, 2.75) is 19.3 Å². The summed E-state index contributed by atoms with van der Waals surface area (Å²) >= 11 is 0. The number of piperazine rings is 1.